The SMILES string of the molecule is CCCN(C)CCCCOC1CCC(N(C)C(=O)O)CC1. The molecule has 0 aromatic heterocycles. The number of amides is 1. The summed E-state index contributed by atoms with van der Waals surface area (Å²) in [7, 11) is 3.84. The van der Waals surface area contributed by atoms with Gasteiger partial charge in [0.1, 0.15) is 0 Å². The summed E-state index contributed by atoms with van der Waals surface area (Å²) in [5.41, 5.74) is 0. The minimum Gasteiger partial charge on any atom is -0.465 e. The Bertz CT molecular complexity index is 291. The highest BCUT2D eigenvalue weighted by Crippen LogP contribution is 2.24. The largest absolute Gasteiger partial charge is 0.465 e. The maximum absolute atomic E-state index is 10.9. The second kappa shape index (κ2) is 10.0. The zero-order chi connectivity index (χ0) is 15.7. The van der Waals surface area contributed by atoms with Crippen molar-refractivity contribution in [1.29, 1.82) is 0 Å². The van der Waals surface area contributed by atoms with Crippen LogP contribution in [0.15, 0.2) is 0 Å². The van der Waals surface area contributed by atoms with Gasteiger partial charge in [-0.25, -0.2) is 4.79 Å². The van der Waals surface area contributed by atoms with Gasteiger partial charge >= 0.3 is 6.09 Å². The van der Waals surface area contributed by atoms with E-state index in [0.717, 1.165) is 45.3 Å². The average molecular weight is 300 g/mol. The van der Waals surface area contributed by atoms with Crippen LogP contribution in [0.1, 0.15) is 51.9 Å². The molecule has 0 aromatic rings. The van der Waals surface area contributed by atoms with Gasteiger partial charge in [-0.2, -0.15) is 0 Å². The summed E-state index contributed by atoms with van der Waals surface area (Å²) < 4.78 is 5.93. The average Bonchev–Trinajstić information content (AvgIpc) is 2.47. The first kappa shape index (κ1) is 18.2. The van der Waals surface area contributed by atoms with Crippen molar-refractivity contribution in [3.63, 3.8) is 0 Å². The van der Waals surface area contributed by atoms with Crippen molar-refractivity contribution in [3.8, 4) is 0 Å². The lowest BCUT2D eigenvalue weighted by Gasteiger charge is -2.33. The fourth-order valence-electron chi connectivity index (χ4n) is 2.98. The quantitative estimate of drug-likeness (QED) is 0.665. The number of hydrogen-bond donors (Lipinski definition) is 1. The second-order valence-electron chi connectivity index (χ2n) is 6.21. The summed E-state index contributed by atoms with van der Waals surface area (Å²) in [5, 5.41) is 8.97. The maximum atomic E-state index is 10.9. The Morgan fingerprint density at radius 3 is 2.38 bits per heavy atom. The molecule has 1 fully saturated rings. The van der Waals surface area contributed by atoms with Crippen LogP contribution in [0, 0.1) is 0 Å². The molecule has 5 heteroatoms. The minimum atomic E-state index is -0.824. The molecular weight excluding hydrogens is 268 g/mol. The van der Waals surface area contributed by atoms with Gasteiger partial charge in [0.25, 0.3) is 0 Å². The third kappa shape index (κ3) is 7.14. The van der Waals surface area contributed by atoms with E-state index in [4.69, 9.17) is 9.84 Å². The van der Waals surface area contributed by atoms with Crippen molar-refractivity contribution in [1.82, 2.24) is 9.80 Å². The number of carboxylic acid groups (broad SMARTS) is 1. The molecule has 1 saturated carbocycles. The molecule has 21 heavy (non-hydrogen) atoms. The first-order valence-electron chi connectivity index (χ1n) is 8.30. The highest BCUT2D eigenvalue weighted by atomic mass is 16.5. The van der Waals surface area contributed by atoms with Gasteiger partial charge in [-0.3, -0.25) is 0 Å². The highest BCUT2D eigenvalue weighted by molar-refractivity contribution is 5.64. The van der Waals surface area contributed by atoms with Crippen LogP contribution in [-0.2, 0) is 4.74 Å². The zero-order valence-electron chi connectivity index (χ0n) is 13.9. The lowest BCUT2D eigenvalue weighted by atomic mass is 9.92. The molecule has 124 valence electrons. The van der Waals surface area contributed by atoms with Gasteiger partial charge in [-0.05, 0) is 65.1 Å². The fraction of sp³-hybridized carbons (Fsp3) is 0.938. The van der Waals surface area contributed by atoms with E-state index in [1.54, 1.807) is 7.05 Å². The number of ether oxygens (including phenoxy) is 1. The van der Waals surface area contributed by atoms with Gasteiger partial charge in [-0.1, -0.05) is 6.92 Å². The number of rotatable bonds is 9. The summed E-state index contributed by atoms with van der Waals surface area (Å²) in [4.78, 5) is 14.7. The van der Waals surface area contributed by atoms with Crippen molar-refractivity contribution >= 4 is 6.09 Å². The number of unbranched alkanes of at least 4 members (excludes halogenated alkanes) is 1. The fourth-order valence-corrected chi connectivity index (χ4v) is 2.98. The molecule has 0 atom stereocenters. The van der Waals surface area contributed by atoms with E-state index in [2.05, 4.69) is 18.9 Å². The molecule has 1 aliphatic rings. The molecule has 1 rings (SSSR count). The highest BCUT2D eigenvalue weighted by Gasteiger charge is 2.26. The molecule has 1 aliphatic carbocycles. The third-order valence-corrected chi connectivity index (χ3v) is 4.39. The molecule has 0 spiro atoms. The van der Waals surface area contributed by atoms with Crippen molar-refractivity contribution in [3.05, 3.63) is 0 Å². The third-order valence-electron chi connectivity index (χ3n) is 4.39. The Morgan fingerprint density at radius 2 is 1.81 bits per heavy atom. The first-order valence-corrected chi connectivity index (χ1v) is 8.30. The number of nitrogens with zero attached hydrogens (tertiary/aromatic N) is 2. The van der Waals surface area contributed by atoms with Gasteiger partial charge in [-0.15, -0.1) is 0 Å². The zero-order valence-corrected chi connectivity index (χ0v) is 13.9. The molecule has 0 aromatic carbocycles. The van der Waals surface area contributed by atoms with E-state index in [0.29, 0.717) is 6.10 Å². The van der Waals surface area contributed by atoms with Crippen LogP contribution in [0.4, 0.5) is 4.79 Å². The van der Waals surface area contributed by atoms with Gasteiger partial charge in [0.05, 0.1) is 6.10 Å². The summed E-state index contributed by atoms with van der Waals surface area (Å²) >= 11 is 0. The van der Waals surface area contributed by atoms with Crippen LogP contribution >= 0.6 is 0 Å². The standard InChI is InChI=1S/C16H32N2O3/c1-4-11-17(2)12-5-6-13-21-15-9-7-14(8-10-15)18(3)16(19)20/h14-15H,4-13H2,1-3H3,(H,19,20). The molecule has 5 nitrogen and oxygen atoms in total. The molecule has 0 unspecified atom stereocenters. The molecule has 0 bridgehead atoms. The van der Waals surface area contributed by atoms with Crippen LogP contribution in [0.5, 0.6) is 0 Å². The summed E-state index contributed by atoms with van der Waals surface area (Å²) in [6, 6.07) is 0.171. The number of hydrogen-bond acceptors (Lipinski definition) is 3. The summed E-state index contributed by atoms with van der Waals surface area (Å²) in [5.74, 6) is 0. The summed E-state index contributed by atoms with van der Waals surface area (Å²) in [6.45, 7) is 5.36. The smallest absolute Gasteiger partial charge is 0.407 e. The monoisotopic (exact) mass is 300 g/mol. The summed E-state index contributed by atoms with van der Waals surface area (Å²) in [6.07, 6.45) is 6.83. The molecule has 0 radical (unpaired) electrons. The van der Waals surface area contributed by atoms with Crippen molar-refractivity contribution in [2.75, 3.05) is 33.8 Å². The van der Waals surface area contributed by atoms with Crippen LogP contribution in [0.2, 0.25) is 0 Å². The molecular formula is C16H32N2O3. The van der Waals surface area contributed by atoms with E-state index in [-0.39, 0.29) is 6.04 Å². The van der Waals surface area contributed by atoms with Gasteiger partial charge in [0.15, 0.2) is 0 Å². The number of carbonyl (C=O) groups is 1. The van der Waals surface area contributed by atoms with Gasteiger partial charge in [0.2, 0.25) is 0 Å². The minimum absolute atomic E-state index is 0.171. The normalized spacial score (nSPS) is 22.5. The molecule has 0 heterocycles. The van der Waals surface area contributed by atoms with E-state index >= 15 is 0 Å². The Balaban J connectivity index is 2.04. The predicted octanol–water partition coefficient (Wildman–Crippen LogP) is 3.05. The van der Waals surface area contributed by atoms with E-state index in [1.165, 1.54) is 24.3 Å². The lowest BCUT2D eigenvalue weighted by molar-refractivity contribution is 0.00960. The second-order valence-corrected chi connectivity index (χ2v) is 6.21. The Labute approximate surface area is 129 Å². The van der Waals surface area contributed by atoms with E-state index in [9.17, 15) is 4.79 Å². The van der Waals surface area contributed by atoms with Gasteiger partial charge < -0.3 is 19.6 Å². The van der Waals surface area contributed by atoms with Gasteiger partial charge in [0, 0.05) is 19.7 Å². The molecule has 1 amide bonds. The molecule has 0 aliphatic heterocycles. The lowest BCUT2D eigenvalue weighted by Crippen LogP contribution is -2.40. The van der Waals surface area contributed by atoms with Crippen LogP contribution in [0.3, 0.4) is 0 Å². The van der Waals surface area contributed by atoms with E-state index < -0.39 is 6.09 Å². The first-order chi connectivity index (χ1) is 10.0. The Hall–Kier alpha value is -0.810. The van der Waals surface area contributed by atoms with Crippen LogP contribution in [0.25, 0.3) is 0 Å². The Kier molecular flexibility index (Phi) is 8.69. The topological polar surface area (TPSA) is 53.0 Å². The molecule has 1 N–H and O–H groups in total. The predicted molar refractivity (Wildman–Crippen MR) is 84.8 cm³/mol. The van der Waals surface area contributed by atoms with Crippen LogP contribution in [-0.4, -0.2) is 66.9 Å². The van der Waals surface area contributed by atoms with Crippen molar-refractivity contribution < 1.29 is 14.6 Å². The van der Waals surface area contributed by atoms with Crippen molar-refractivity contribution in [2.45, 2.75) is 64.0 Å². The van der Waals surface area contributed by atoms with E-state index in [1.807, 2.05) is 0 Å². The van der Waals surface area contributed by atoms with Crippen molar-refractivity contribution in [2.24, 2.45) is 0 Å². The maximum Gasteiger partial charge on any atom is 0.407 e. The molecule has 0 saturated heterocycles. The van der Waals surface area contributed by atoms with Crippen LogP contribution < -0.4 is 0 Å². The Morgan fingerprint density at radius 1 is 1.14 bits per heavy atom.